The lowest BCUT2D eigenvalue weighted by atomic mass is 9.94. The molecule has 0 N–H and O–H groups in total. The number of carbonyl (C=O) groups excluding carboxylic acids is 1. The van der Waals surface area contributed by atoms with Gasteiger partial charge >= 0.3 is 0 Å². The van der Waals surface area contributed by atoms with Crippen LogP contribution in [0.1, 0.15) is 28.9 Å². The van der Waals surface area contributed by atoms with Crippen molar-refractivity contribution in [2.75, 3.05) is 19.6 Å². The Hall–Kier alpha value is -2.47. The van der Waals surface area contributed by atoms with Crippen LogP contribution in [0.25, 0.3) is 0 Å². The van der Waals surface area contributed by atoms with Gasteiger partial charge in [-0.05, 0) is 30.4 Å². The fraction of sp³-hybridized carbons (Fsp3) is 0.450. The maximum Gasteiger partial charge on any atom is 0.274 e. The Morgan fingerprint density at radius 3 is 2.65 bits per heavy atom. The molecule has 2 atom stereocenters. The molecule has 1 amide bonds. The van der Waals surface area contributed by atoms with Gasteiger partial charge in [-0.25, -0.2) is 4.68 Å². The van der Waals surface area contributed by atoms with Crippen LogP contribution < -0.4 is 5.56 Å². The number of nitrogens with zero attached hydrogens (tertiary/aromatic N) is 4. The van der Waals surface area contributed by atoms with Crippen molar-refractivity contribution in [2.24, 2.45) is 13.0 Å². The summed E-state index contributed by atoms with van der Waals surface area (Å²) < 4.78 is 1.22. The molecule has 6 heteroatoms. The number of hydrogen-bond acceptors (Lipinski definition) is 4. The van der Waals surface area contributed by atoms with Crippen molar-refractivity contribution < 1.29 is 4.79 Å². The number of piperidine rings is 1. The third-order valence-electron chi connectivity index (χ3n) is 5.52. The molecule has 5 rings (SSSR count). The highest BCUT2D eigenvalue weighted by atomic mass is 16.2. The van der Waals surface area contributed by atoms with Crippen LogP contribution in [0, 0.1) is 5.92 Å². The highest BCUT2D eigenvalue weighted by Crippen LogP contribution is 2.29. The van der Waals surface area contributed by atoms with Gasteiger partial charge < -0.3 is 4.90 Å². The SMILES string of the molecule is Cn1nc(C(=O)N2C[C@@H]3CC[C@H](C2)N(Cc2ccccc2)C3)ccc1=O. The topological polar surface area (TPSA) is 58.4 Å². The molecule has 0 radical (unpaired) electrons. The third-order valence-corrected chi connectivity index (χ3v) is 5.52. The lowest BCUT2D eigenvalue weighted by Gasteiger charge is -2.36. The summed E-state index contributed by atoms with van der Waals surface area (Å²) in [4.78, 5) is 28.9. The minimum atomic E-state index is -0.202. The number of aromatic nitrogens is 2. The van der Waals surface area contributed by atoms with E-state index in [1.807, 2.05) is 11.0 Å². The van der Waals surface area contributed by atoms with E-state index in [1.54, 1.807) is 13.1 Å². The fourth-order valence-corrected chi connectivity index (χ4v) is 4.13. The molecular weight excluding hydrogens is 328 g/mol. The fourth-order valence-electron chi connectivity index (χ4n) is 4.13. The van der Waals surface area contributed by atoms with E-state index in [-0.39, 0.29) is 11.5 Å². The van der Waals surface area contributed by atoms with Crippen LogP contribution in [0.3, 0.4) is 0 Å². The van der Waals surface area contributed by atoms with Gasteiger partial charge in [0.05, 0.1) is 0 Å². The zero-order valence-electron chi connectivity index (χ0n) is 15.0. The number of hydrogen-bond donors (Lipinski definition) is 0. The minimum Gasteiger partial charge on any atom is -0.335 e. The molecule has 26 heavy (non-hydrogen) atoms. The Labute approximate surface area is 153 Å². The molecule has 0 unspecified atom stereocenters. The molecule has 2 bridgehead atoms. The highest BCUT2D eigenvalue weighted by molar-refractivity contribution is 5.92. The van der Waals surface area contributed by atoms with E-state index in [1.165, 1.54) is 22.7 Å². The minimum absolute atomic E-state index is 0.0703. The molecule has 1 aromatic carbocycles. The molecule has 0 aliphatic carbocycles. The van der Waals surface area contributed by atoms with Crippen LogP contribution in [-0.4, -0.2) is 51.2 Å². The van der Waals surface area contributed by atoms with E-state index in [0.717, 1.165) is 32.6 Å². The molecule has 136 valence electrons. The number of carbonyl (C=O) groups is 1. The summed E-state index contributed by atoms with van der Waals surface area (Å²) in [5, 5.41) is 4.14. The first kappa shape index (κ1) is 17.0. The number of aryl methyl sites for hydroxylation is 1. The highest BCUT2D eigenvalue weighted by Gasteiger charge is 2.36. The lowest BCUT2D eigenvalue weighted by molar-refractivity contribution is 0.0727. The first-order chi connectivity index (χ1) is 12.6. The molecule has 2 aromatic rings. The average molecular weight is 352 g/mol. The first-order valence-corrected chi connectivity index (χ1v) is 9.22. The van der Waals surface area contributed by atoms with Crippen LogP contribution >= 0.6 is 0 Å². The van der Waals surface area contributed by atoms with Gasteiger partial charge in [-0.2, -0.15) is 5.10 Å². The molecule has 6 nitrogen and oxygen atoms in total. The van der Waals surface area contributed by atoms with Crippen LogP contribution in [0.2, 0.25) is 0 Å². The molecule has 0 spiro atoms. The maximum atomic E-state index is 12.9. The van der Waals surface area contributed by atoms with Gasteiger partial charge in [0.2, 0.25) is 0 Å². The van der Waals surface area contributed by atoms with Crippen molar-refractivity contribution in [2.45, 2.75) is 25.4 Å². The lowest BCUT2D eigenvalue weighted by Crippen LogP contribution is -2.44. The molecule has 4 heterocycles. The Morgan fingerprint density at radius 1 is 1.08 bits per heavy atom. The second-order valence-corrected chi connectivity index (χ2v) is 7.40. The van der Waals surface area contributed by atoms with Gasteiger partial charge in [0, 0.05) is 45.3 Å². The largest absolute Gasteiger partial charge is 0.335 e. The van der Waals surface area contributed by atoms with Gasteiger partial charge in [0.25, 0.3) is 11.5 Å². The number of fused-ring (bicyclic) bond motifs is 4. The first-order valence-electron chi connectivity index (χ1n) is 9.22. The monoisotopic (exact) mass is 352 g/mol. The molecule has 1 aromatic heterocycles. The summed E-state index contributed by atoms with van der Waals surface area (Å²) >= 11 is 0. The Bertz CT molecular complexity index is 848. The molecule has 3 aliphatic rings. The van der Waals surface area contributed by atoms with Crippen molar-refractivity contribution in [3.8, 4) is 0 Å². The summed E-state index contributed by atoms with van der Waals surface area (Å²) in [7, 11) is 1.58. The summed E-state index contributed by atoms with van der Waals surface area (Å²) in [6.07, 6.45) is 2.29. The van der Waals surface area contributed by atoms with Crippen LogP contribution in [0.5, 0.6) is 0 Å². The molecule has 3 aliphatic heterocycles. The number of amides is 1. The quantitative estimate of drug-likeness (QED) is 0.840. The summed E-state index contributed by atoms with van der Waals surface area (Å²) in [6, 6.07) is 13.8. The van der Waals surface area contributed by atoms with Gasteiger partial charge in [-0.1, -0.05) is 30.3 Å². The average Bonchev–Trinajstić information content (AvgIpc) is 2.96. The van der Waals surface area contributed by atoms with Gasteiger partial charge in [-0.15, -0.1) is 0 Å². The molecular formula is C20H24N4O2. The van der Waals surface area contributed by atoms with Crippen molar-refractivity contribution in [1.82, 2.24) is 19.6 Å². The maximum absolute atomic E-state index is 12.9. The van der Waals surface area contributed by atoms with Gasteiger partial charge in [0.1, 0.15) is 5.69 Å². The van der Waals surface area contributed by atoms with Crippen molar-refractivity contribution >= 4 is 5.91 Å². The van der Waals surface area contributed by atoms with E-state index >= 15 is 0 Å². The number of benzene rings is 1. The van der Waals surface area contributed by atoms with E-state index in [9.17, 15) is 9.59 Å². The second-order valence-electron chi connectivity index (χ2n) is 7.40. The Kier molecular flexibility index (Phi) is 4.59. The van der Waals surface area contributed by atoms with Crippen LogP contribution in [0.4, 0.5) is 0 Å². The summed E-state index contributed by atoms with van der Waals surface area (Å²) in [6.45, 7) is 3.46. The zero-order chi connectivity index (χ0) is 18.1. The van der Waals surface area contributed by atoms with Crippen LogP contribution in [-0.2, 0) is 13.6 Å². The van der Waals surface area contributed by atoms with E-state index in [4.69, 9.17) is 0 Å². The van der Waals surface area contributed by atoms with Crippen molar-refractivity contribution in [3.63, 3.8) is 0 Å². The van der Waals surface area contributed by atoms with E-state index in [0.29, 0.717) is 17.7 Å². The predicted molar refractivity (Wildman–Crippen MR) is 98.7 cm³/mol. The van der Waals surface area contributed by atoms with Gasteiger partial charge in [0.15, 0.2) is 0 Å². The normalized spacial score (nSPS) is 23.0. The Balaban J connectivity index is 1.51. The molecule has 0 saturated carbocycles. The summed E-state index contributed by atoms with van der Waals surface area (Å²) in [5.74, 6) is 0.424. The van der Waals surface area contributed by atoms with Crippen molar-refractivity contribution in [3.05, 3.63) is 64.1 Å². The second kappa shape index (κ2) is 7.03. The van der Waals surface area contributed by atoms with E-state index in [2.05, 4.69) is 34.3 Å². The molecule has 3 fully saturated rings. The third kappa shape index (κ3) is 3.42. The zero-order valence-corrected chi connectivity index (χ0v) is 15.0. The van der Waals surface area contributed by atoms with Crippen LogP contribution in [0.15, 0.2) is 47.3 Å². The van der Waals surface area contributed by atoms with Crippen molar-refractivity contribution in [1.29, 1.82) is 0 Å². The Morgan fingerprint density at radius 2 is 1.88 bits per heavy atom. The van der Waals surface area contributed by atoms with E-state index < -0.39 is 0 Å². The van der Waals surface area contributed by atoms with Gasteiger partial charge in [-0.3, -0.25) is 14.5 Å². The number of rotatable bonds is 3. The standard InChI is InChI=1S/C20H24N4O2/c1-22-19(25)10-9-18(21-22)20(26)24-13-16-7-8-17(14-24)23(12-16)11-15-5-3-2-4-6-15/h2-6,9-10,16-17H,7-8,11-14H2,1H3/t16-,17-/m1/s1. The molecule has 3 saturated heterocycles. The smallest absolute Gasteiger partial charge is 0.274 e. The predicted octanol–water partition coefficient (Wildman–Crippen LogP) is 1.52. The summed E-state index contributed by atoms with van der Waals surface area (Å²) in [5.41, 5.74) is 1.46.